The van der Waals surface area contributed by atoms with Gasteiger partial charge in [-0.3, -0.25) is 9.69 Å². The Balaban J connectivity index is 1.32. The fraction of sp³-hybridized carbons (Fsp3) is 0.125. The van der Waals surface area contributed by atoms with Gasteiger partial charge in [0.05, 0.1) is 10.2 Å². The third-order valence-corrected chi connectivity index (χ3v) is 6.28. The number of carbonyl (C=O) groups excluding carboxylic acids is 2. The summed E-state index contributed by atoms with van der Waals surface area (Å²) in [7, 11) is 0. The topological polar surface area (TPSA) is 74.3 Å². The molecule has 1 aliphatic rings. The van der Waals surface area contributed by atoms with Gasteiger partial charge in [-0.25, -0.2) is 9.78 Å². The number of nitrogens with zero attached hydrogens (tertiary/aromatic N) is 2. The van der Waals surface area contributed by atoms with E-state index in [0.29, 0.717) is 30.0 Å². The molecule has 0 radical (unpaired) electrons. The third kappa shape index (κ3) is 3.87. The summed E-state index contributed by atoms with van der Waals surface area (Å²) in [4.78, 5) is 30.9. The Morgan fingerprint density at radius 1 is 1.10 bits per heavy atom. The van der Waals surface area contributed by atoms with Crippen LogP contribution in [0.5, 0.6) is 0 Å². The Morgan fingerprint density at radius 2 is 1.94 bits per heavy atom. The van der Waals surface area contributed by atoms with Crippen LogP contribution in [0.3, 0.4) is 0 Å². The molecule has 3 amide bonds. The van der Waals surface area contributed by atoms with Gasteiger partial charge in [-0.1, -0.05) is 12.1 Å². The van der Waals surface area contributed by atoms with Gasteiger partial charge in [-0.2, -0.15) is 0 Å². The maximum atomic E-state index is 12.7. The van der Waals surface area contributed by atoms with E-state index in [1.54, 1.807) is 34.4 Å². The minimum atomic E-state index is -0.218. The van der Waals surface area contributed by atoms with Crippen molar-refractivity contribution in [3.63, 3.8) is 0 Å². The summed E-state index contributed by atoms with van der Waals surface area (Å²) in [5.74, 6) is -0.218. The van der Waals surface area contributed by atoms with E-state index in [2.05, 4.69) is 29.7 Å². The molecule has 1 aromatic heterocycles. The second-order valence-corrected chi connectivity index (χ2v) is 8.49. The van der Waals surface area contributed by atoms with Crippen molar-refractivity contribution >= 4 is 44.9 Å². The van der Waals surface area contributed by atoms with E-state index in [4.69, 9.17) is 4.98 Å². The van der Waals surface area contributed by atoms with E-state index in [-0.39, 0.29) is 11.9 Å². The molecule has 3 aromatic carbocycles. The van der Waals surface area contributed by atoms with Crippen LogP contribution in [0, 0.1) is 6.92 Å². The molecule has 31 heavy (non-hydrogen) atoms. The molecule has 0 aliphatic carbocycles. The smallest absolute Gasteiger partial charge is 0.321 e. The van der Waals surface area contributed by atoms with Gasteiger partial charge in [-0.05, 0) is 67.1 Å². The van der Waals surface area contributed by atoms with Gasteiger partial charge in [-0.15, -0.1) is 11.3 Å². The van der Waals surface area contributed by atoms with E-state index in [1.165, 1.54) is 10.3 Å². The summed E-state index contributed by atoms with van der Waals surface area (Å²) in [6, 6.07) is 20.9. The lowest BCUT2D eigenvalue weighted by Crippen LogP contribution is -2.27. The normalized spacial score (nSPS) is 13.5. The van der Waals surface area contributed by atoms with E-state index in [9.17, 15) is 9.59 Å². The Morgan fingerprint density at radius 3 is 2.71 bits per heavy atom. The van der Waals surface area contributed by atoms with Crippen LogP contribution < -0.4 is 15.5 Å². The Bertz CT molecular complexity index is 1300. The van der Waals surface area contributed by atoms with Crippen LogP contribution in [0.25, 0.3) is 20.8 Å². The fourth-order valence-corrected chi connectivity index (χ4v) is 4.66. The van der Waals surface area contributed by atoms with E-state index in [0.717, 1.165) is 16.1 Å². The number of amides is 3. The van der Waals surface area contributed by atoms with Crippen LogP contribution in [0.15, 0.2) is 66.7 Å². The molecule has 1 fully saturated rings. The SMILES string of the molecule is Cc1ccc2nc(-c3ccc(NC(=O)c4cccc(N5CCNC5=O)c4)cc3)sc2c1. The second kappa shape index (κ2) is 7.85. The Hall–Kier alpha value is -3.71. The molecule has 0 saturated carbocycles. The highest BCUT2D eigenvalue weighted by molar-refractivity contribution is 7.21. The van der Waals surface area contributed by atoms with Crippen molar-refractivity contribution in [3.8, 4) is 10.6 Å². The number of rotatable bonds is 4. The summed E-state index contributed by atoms with van der Waals surface area (Å²) in [6.07, 6.45) is 0. The summed E-state index contributed by atoms with van der Waals surface area (Å²) in [5.41, 5.74) is 5.14. The lowest BCUT2D eigenvalue weighted by molar-refractivity contribution is 0.102. The number of anilines is 2. The van der Waals surface area contributed by atoms with Crippen LogP contribution in [-0.4, -0.2) is 30.0 Å². The average molecular weight is 429 g/mol. The van der Waals surface area contributed by atoms with Crippen molar-refractivity contribution in [1.29, 1.82) is 0 Å². The number of carbonyl (C=O) groups is 2. The van der Waals surface area contributed by atoms with E-state index in [1.807, 2.05) is 36.4 Å². The first-order valence-electron chi connectivity index (χ1n) is 10.0. The maximum Gasteiger partial charge on any atom is 0.321 e. The minimum Gasteiger partial charge on any atom is -0.336 e. The standard InChI is InChI=1S/C24H20N4O2S/c1-15-5-10-20-21(13-15)31-23(27-20)16-6-8-18(9-7-16)26-22(29)17-3-2-4-19(14-17)28-12-11-25-24(28)30/h2-10,13-14H,11-12H2,1H3,(H,25,30)(H,26,29). The van der Waals surface area contributed by atoms with Crippen molar-refractivity contribution in [2.24, 2.45) is 0 Å². The van der Waals surface area contributed by atoms with Crippen LogP contribution in [-0.2, 0) is 0 Å². The molecule has 0 spiro atoms. The molecular weight excluding hydrogens is 408 g/mol. The molecule has 1 saturated heterocycles. The lowest BCUT2D eigenvalue weighted by Gasteiger charge is -2.15. The lowest BCUT2D eigenvalue weighted by atomic mass is 10.1. The first-order chi connectivity index (χ1) is 15.1. The number of aryl methyl sites for hydroxylation is 1. The zero-order chi connectivity index (χ0) is 21.4. The molecule has 6 nitrogen and oxygen atoms in total. The van der Waals surface area contributed by atoms with Crippen molar-refractivity contribution < 1.29 is 9.59 Å². The number of nitrogens with one attached hydrogen (secondary N) is 2. The number of hydrogen-bond donors (Lipinski definition) is 2. The molecule has 0 bridgehead atoms. The molecule has 5 rings (SSSR count). The molecule has 154 valence electrons. The number of urea groups is 1. The van der Waals surface area contributed by atoms with E-state index >= 15 is 0 Å². The molecule has 0 atom stereocenters. The average Bonchev–Trinajstić information content (AvgIpc) is 3.40. The minimum absolute atomic E-state index is 0.141. The number of hydrogen-bond acceptors (Lipinski definition) is 4. The van der Waals surface area contributed by atoms with Crippen LogP contribution in [0.4, 0.5) is 16.2 Å². The monoisotopic (exact) mass is 428 g/mol. The highest BCUT2D eigenvalue weighted by Crippen LogP contribution is 2.31. The number of benzene rings is 3. The van der Waals surface area contributed by atoms with Gasteiger partial charge in [0.2, 0.25) is 0 Å². The number of fused-ring (bicyclic) bond motifs is 1. The third-order valence-electron chi connectivity index (χ3n) is 5.21. The summed E-state index contributed by atoms with van der Waals surface area (Å²) in [6.45, 7) is 3.28. The molecule has 2 N–H and O–H groups in total. The van der Waals surface area contributed by atoms with Crippen molar-refractivity contribution in [1.82, 2.24) is 10.3 Å². The van der Waals surface area contributed by atoms with Crippen molar-refractivity contribution in [3.05, 3.63) is 77.9 Å². The summed E-state index contributed by atoms with van der Waals surface area (Å²) >= 11 is 1.66. The van der Waals surface area contributed by atoms with Gasteiger partial charge in [0.25, 0.3) is 5.91 Å². The van der Waals surface area contributed by atoms with Crippen LogP contribution >= 0.6 is 11.3 Å². The maximum absolute atomic E-state index is 12.7. The first kappa shape index (κ1) is 19.3. The predicted octanol–water partition coefficient (Wildman–Crippen LogP) is 5.05. The number of thiazole rings is 1. The van der Waals surface area contributed by atoms with Gasteiger partial charge in [0, 0.05) is 35.6 Å². The Kier molecular flexibility index (Phi) is 4.88. The zero-order valence-corrected chi connectivity index (χ0v) is 17.7. The van der Waals surface area contributed by atoms with Gasteiger partial charge in [0.15, 0.2) is 0 Å². The van der Waals surface area contributed by atoms with Crippen LogP contribution in [0.1, 0.15) is 15.9 Å². The van der Waals surface area contributed by atoms with E-state index < -0.39 is 0 Å². The molecule has 7 heteroatoms. The Labute approximate surface area is 183 Å². The van der Waals surface area contributed by atoms with Crippen molar-refractivity contribution in [2.45, 2.75) is 6.92 Å². The quantitative estimate of drug-likeness (QED) is 0.477. The summed E-state index contributed by atoms with van der Waals surface area (Å²) < 4.78 is 1.17. The fourth-order valence-electron chi connectivity index (χ4n) is 3.59. The molecule has 4 aromatic rings. The molecule has 1 aliphatic heterocycles. The molecule has 0 unspecified atom stereocenters. The highest BCUT2D eigenvalue weighted by Gasteiger charge is 2.21. The molecule has 2 heterocycles. The van der Waals surface area contributed by atoms with Gasteiger partial charge >= 0.3 is 6.03 Å². The zero-order valence-electron chi connectivity index (χ0n) is 16.9. The molecular formula is C24H20N4O2S. The highest BCUT2D eigenvalue weighted by atomic mass is 32.1. The van der Waals surface area contributed by atoms with Gasteiger partial charge in [0.1, 0.15) is 5.01 Å². The van der Waals surface area contributed by atoms with Crippen LogP contribution in [0.2, 0.25) is 0 Å². The van der Waals surface area contributed by atoms with Gasteiger partial charge < -0.3 is 10.6 Å². The predicted molar refractivity (Wildman–Crippen MR) is 125 cm³/mol. The second-order valence-electron chi connectivity index (χ2n) is 7.46. The first-order valence-corrected chi connectivity index (χ1v) is 10.8. The number of aromatic nitrogens is 1. The van der Waals surface area contributed by atoms with Crippen molar-refractivity contribution in [2.75, 3.05) is 23.3 Å². The largest absolute Gasteiger partial charge is 0.336 e. The summed E-state index contributed by atoms with van der Waals surface area (Å²) in [5, 5.41) is 6.65.